The Morgan fingerprint density at radius 3 is 1.62 bits per heavy atom. The van der Waals surface area contributed by atoms with E-state index in [1.54, 1.807) is 0 Å². The first-order valence-electron chi connectivity index (χ1n) is 29.7. The van der Waals surface area contributed by atoms with Crippen LogP contribution in [-0.2, 0) is 5.41 Å². The van der Waals surface area contributed by atoms with Gasteiger partial charge in [-0.25, -0.2) is 10.0 Å². The lowest BCUT2D eigenvalue weighted by Crippen LogP contribution is -2.28. The van der Waals surface area contributed by atoms with Crippen LogP contribution in [0.1, 0.15) is 66.3 Å². The molecule has 0 bridgehead atoms. The van der Waals surface area contributed by atoms with Crippen LogP contribution in [0.4, 0.5) is 17.1 Å². The van der Waals surface area contributed by atoms with E-state index in [4.69, 9.17) is 14.2 Å². The fourth-order valence-electron chi connectivity index (χ4n) is 12.4. The lowest BCUT2D eigenvalue weighted by Gasteiger charge is -2.37. The minimum absolute atomic E-state index is 0.333. The largest absolute Gasteiger partial charge is 0.494 e. The molecule has 0 aliphatic heterocycles. The first kappa shape index (κ1) is 55.6. The molecule has 0 spiro atoms. The van der Waals surface area contributed by atoms with Gasteiger partial charge >= 0.3 is 0 Å². The molecule has 1 aliphatic rings. The number of unbranched alkanes of at least 4 members (excludes halogenated alkanes) is 3. The molecule has 1 atom stereocenters. The van der Waals surface area contributed by atoms with Crippen molar-refractivity contribution < 1.29 is 14.2 Å². The quantitative estimate of drug-likeness (QED) is 0.0534. The van der Waals surface area contributed by atoms with Crippen LogP contribution in [0.15, 0.2) is 256 Å². The number of hydrogen-bond acceptors (Lipinski definition) is 4. The van der Waals surface area contributed by atoms with E-state index in [-0.39, 0.29) is 5.41 Å². The van der Waals surface area contributed by atoms with Crippen LogP contribution in [-0.4, -0.2) is 48.4 Å². The van der Waals surface area contributed by atoms with Crippen LogP contribution in [0.2, 0.25) is 0 Å². The van der Waals surface area contributed by atoms with Gasteiger partial charge in [0.05, 0.1) is 30.9 Å². The Hall–Kier alpha value is -8.97. The Balaban J connectivity index is 0.814. The maximum Gasteiger partial charge on any atom is 0.120 e. The second kappa shape index (κ2) is 25.3. The van der Waals surface area contributed by atoms with Gasteiger partial charge in [0.2, 0.25) is 0 Å². The summed E-state index contributed by atoms with van der Waals surface area (Å²) in [5.41, 5.74) is 17.7. The van der Waals surface area contributed by atoms with E-state index in [2.05, 4.69) is 254 Å². The summed E-state index contributed by atoms with van der Waals surface area (Å²) < 4.78 is 21.1. The number of ether oxygens (including phenoxy) is 3. The lowest BCUT2D eigenvalue weighted by molar-refractivity contribution is 0.288. The third kappa shape index (κ3) is 11.8. The molecule has 0 N–H and O–H groups in total. The molecule has 1 unspecified atom stereocenters. The molecule has 1 heterocycles. The second-order valence-electron chi connectivity index (χ2n) is 22.6. The first-order chi connectivity index (χ1) is 41.3. The van der Waals surface area contributed by atoms with Crippen LogP contribution in [0.3, 0.4) is 0 Å². The number of aromatic nitrogens is 1. The smallest absolute Gasteiger partial charge is 0.120 e. The van der Waals surface area contributed by atoms with E-state index in [0.717, 1.165) is 123 Å². The third-order valence-electron chi connectivity index (χ3n) is 16.9. The summed E-state index contributed by atoms with van der Waals surface area (Å²) in [6, 6.07) is 88.1. The average molecular weight is 1120 g/mol. The van der Waals surface area contributed by atoms with Crippen molar-refractivity contribution in [3.05, 3.63) is 284 Å². The van der Waals surface area contributed by atoms with Gasteiger partial charge in [-0.15, -0.1) is 0 Å². The zero-order valence-electron chi connectivity index (χ0n) is 48.5. The van der Waals surface area contributed by atoms with E-state index < -0.39 is 10.0 Å². The highest BCUT2D eigenvalue weighted by Gasteiger charge is 2.44. The molecule has 1 aliphatic carbocycles. The van der Waals surface area contributed by atoms with Gasteiger partial charge in [0.25, 0.3) is 0 Å². The number of anilines is 3. The summed E-state index contributed by atoms with van der Waals surface area (Å²) in [7, 11) is -0.944. The normalized spacial score (nSPS) is 13.7. The number of para-hydroxylation sites is 2. The maximum atomic E-state index is 6.47. The predicted octanol–water partition coefficient (Wildman–Crippen LogP) is 20.5. The van der Waals surface area contributed by atoms with Crippen LogP contribution in [0.5, 0.6) is 17.2 Å². The number of rotatable bonds is 25. The molecule has 84 heavy (non-hydrogen) atoms. The van der Waals surface area contributed by atoms with Gasteiger partial charge in [-0.2, -0.15) is 0 Å². The third-order valence-corrected chi connectivity index (χ3v) is 19.5. The van der Waals surface area contributed by atoms with E-state index in [9.17, 15) is 0 Å². The number of fused-ring (bicyclic) bond motifs is 6. The molecule has 0 fully saturated rings. The SMILES string of the molecule is C=Cc1ccc(OCCCCCCOc2ccc3c(c2)c2cc(-c4ccc(N(c5ccccc5)c5ccc6c(c5)C(CCCS(C)(C)CCOc5ccc(C=C)cc5)(c5ccccc5)c5ccccc5-6)cc4)ccc2n3-c2ccccc2)cc1. The summed E-state index contributed by atoms with van der Waals surface area (Å²) in [4.78, 5) is 2.43. The summed E-state index contributed by atoms with van der Waals surface area (Å²) in [5.74, 6) is 4.92. The van der Waals surface area contributed by atoms with Crippen LogP contribution in [0, 0.1) is 0 Å². The standard InChI is InChI=1S/C78H74N2O3S/c1-5-58-31-41-67(42-32-58)81-50-20-7-8-21-51-82-69-45-48-77-73(57-69)72-55-61(37-47-76(72)80(77)64-27-16-11-17-28-64)60-35-38-65(39-36-60)79(63-25-14-10-15-26-63)66-40-46-71-70-29-18-19-30-74(70)78(75(71)56-66,62-23-12-9-13-24-62)49-22-53-84(3,4)54-52-83-68-43-33-59(6-2)34-44-68/h5-6,9-19,23-48,55-57H,1-2,7-8,20-22,49-54H2,3-4H3. The highest BCUT2D eigenvalue weighted by Crippen LogP contribution is 2.57. The summed E-state index contributed by atoms with van der Waals surface area (Å²) in [6.45, 7) is 9.83. The maximum absolute atomic E-state index is 6.47. The highest BCUT2D eigenvalue weighted by molar-refractivity contribution is 8.32. The van der Waals surface area contributed by atoms with Crippen molar-refractivity contribution >= 4 is 61.0 Å². The van der Waals surface area contributed by atoms with Crippen molar-refractivity contribution in [1.29, 1.82) is 0 Å². The van der Waals surface area contributed by atoms with E-state index in [1.165, 1.54) is 38.6 Å². The van der Waals surface area contributed by atoms with Gasteiger partial charge in [-0.1, -0.05) is 165 Å². The predicted molar refractivity (Wildman–Crippen MR) is 359 cm³/mol. The van der Waals surface area contributed by atoms with E-state index in [1.807, 2.05) is 36.4 Å². The topological polar surface area (TPSA) is 35.9 Å². The van der Waals surface area contributed by atoms with E-state index >= 15 is 0 Å². The monoisotopic (exact) mass is 1120 g/mol. The van der Waals surface area contributed by atoms with Gasteiger partial charge in [0, 0.05) is 44.7 Å². The van der Waals surface area contributed by atoms with Gasteiger partial charge in [-0.3, -0.25) is 0 Å². The van der Waals surface area contributed by atoms with Crippen molar-refractivity contribution in [2.45, 2.75) is 43.9 Å². The number of hydrogen-bond donors (Lipinski definition) is 0. The first-order valence-corrected chi connectivity index (χ1v) is 32.5. The van der Waals surface area contributed by atoms with Crippen molar-refractivity contribution in [3.8, 4) is 45.2 Å². The Bertz CT molecular complexity index is 4020. The molecule has 5 nitrogen and oxygen atoms in total. The Kier molecular flexibility index (Phi) is 16.7. The zero-order chi connectivity index (χ0) is 57.3. The molecule has 0 saturated carbocycles. The molecule has 0 saturated heterocycles. The summed E-state index contributed by atoms with van der Waals surface area (Å²) >= 11 is 0. The Morgan fingerprint density at radius 2 is 0.952 bits per heavy atom. The van der Waals surface area contributed by atoms with Crippen molar-refractivity contribution in [3.63, 3.8) is 0 Å². The van der Waals surface area contributed by atoms with Crippen LogP contribution in [0.25, 0.3) is 61.9 Å². The zero-order valence-corrected chi connectivity index (χ0v) is 49.3. The van der Waals surface area contributed by atoms with Crippen LogP contribution < -0.4 is 19.1 Å². The van der Waals surface area contributed by atoms with Crippen molar-refractivity contribution in [1.82, 2.24) is 4.57 Å². The molecule has 0 amide bonds. The number of benzene rings is 10. The molecule has 420 valence electrons. The summed E-state index contributed by atoms with van der Waals surface area (Å²) in [5, 5.41) is 2.36. The fraction of sp³-hybridized carbons (Fsp3) is 0.179. The van der Waals surface area contributed by atoms with Gasteiger partial charge in [0.15, 0.2) is 0 Å². The van der Waals surface area contributed by atoms with Crippen molar-refractivity contribution in [2.24, 2.45) is 0 Å². The Labute approximate surface area is 498 Å². The molecule has 1 aromatic heterocycles. The molecule has 10 aromatic carbocycles. The second-order valence-corrected chi connectivity index (χ2v) is 27.0. The lowest BCUT2D eigenvalue weighted by atomic mass is 9.69. The van der Waals surface area contributed by atoms with E-state index in [0.29, 0.717) is 19.8 Å². The van der Waals surface area contributed by atoms with Gasteiger partial charge in [-0.05, 0) is 210 Å². The average Bonchev–Trinajstić information content (AvgIpc) is 1.71. The fourth-order valence-corrected chi connectivity index (χ4v) is 14.1. The molecular formula is C78H74N2O3S. The molecule has 6 heteroatoms. The van der Waals surface area contributed by atoms with Crippen molar-refractivity contribution in [2.75, 3.05) is 48.7 Å². The molecule has 0 radical (unpaired) electrons. The van der Waals surface area contributed by atoms with Gasteiger partial charge in [0.1, 0.15) is 17.2 Å². The minimum atomic E-state index is -0.944. The minimum Gasteiger partial charge on any atom is -0.494 e. The van der Waals surface area contributed by atoms with Crippen LogP contribution >= 0.6 is 10.0 Å². The molecule has 11 aromatic rings. The summed E-state index contributed by atoms with van der Waals surface area (Å²) in [6.07, 6.45) is 14.9. The number of nitrogens with zero attached hydrogens (tertiary/aromatic N) is 2. The molecular weight excluding hydrogens is 1040 g/mol. The molecule has 12 rings (SSSR count). The van der Waals surface area contributed by atoms with Gasteiger partial charge < -0.3 is 23.7 Å². The highest BCUT2D eigenvalue weighted by atomic mass is 32.3. The Morgan fingerprint density at radius 1 is 0.429 bits per heavy atom.